The highest BCUT2D eigenvalue weighted by molar-refractivity contribution is 5.39. The zero-order chi connectivity index (χ0) is 10.8. The number of aromatic nitrogens is 2. The van der Waals surface area contributed by atoms with Crippen molar-refractivity contribution in [2.75, 3.05) is 0 Å². The average Bonchev–Trinajstić information content (AvgIpc) is 2.63. The summed E-state index contributed by atoms with van der Waals surface area (Å²) in [6.07, 6.45) is 1.78. The molecule has 0 amide bonds. The molecule has 0 saturated heterocycles. The van der Waals surface area contributed by atoms with Crippen LogP contribution in [0.1, 0.15) is 16.8 Å². The molecule has 0 atom stereocenters. The van der Waals surface area contributed by atoms with Crippen LogP contribution in [0.5, 0.6) is 0 Å². The maximum Gasteiger partial charge on any atom is 0.0654 e. The van der Waals surface area contributed by atoms with Gasteiger partial charge in [-0.15, -0.1) is 0 Å². The van der Waals surface area contributed by atoms with E-state index < -0.39 is 0 Å². The van der Waals surface area contributed by atoms with E-state index in [1.807, 2.05) is 10.7 Å². The van der Waals surface area contributed by atoms with Gasteiger partial charge in [0.1, 0.15) is 0 Å². The van der Waals surface area contributed by atoms with Crippen molar-refractivity contribution in [3.05, 3.63) is 47.3 Å². The molecule has 0 aliphatic rings. The third kappa shape index (κ3) is 1.92. The normalized spacial score (nSPS) is 10.6. The van der Waals surface area contributed by atoms with Gasteiger partial charge in [-0.2, -0.15) is 5.10 Å². The highest BCUT2D eigenvalue weighted by Gasteiger charge is 2.03. The Morgan fingerprint density at radius 1 is 1.20 bits per heavy atom. The average molecular weight is 201 g/mol. The van der Waals surface area contributed by atoms with Crippen molar-refractivity contribution < 1.29 is 0 Å². The quantitative estimate of drug-likeness (QED) is 0.807. The maximum atomic E-state index is 5.65. The van der Waals surface area contributed by atoms with Crippen LogP contribution in [-0.4, -0.2) is 9.78 Å². The van der Waals surface area contributed by atoms with Crippen LogP contribution in [0.3, 0.4) is 0 Å². The molecule has 15 heavy (non-hydrogen) atoms. The van der Waals surface area contributed by atoms with E-state index in [1.54, 1.807) is 6.20 Å². The lowest BCUT2D eigenvalue weighted by molar-refractivity contribution is 0.802. The van der Waals surface area contributed by atoms with Gasteiger partial charge in [-0.05, 0) is 43.2 Å². The molecule has 3 nitrogen and oxygen atoms in total. The molecular weight excluding hydrogens is 186 g/mol. The van der Waals surface area contributed by atoms with Gasteiger partial charge in [-0.25, -0.2) is 4.68 Å². The fourth-order valence-corrected chi connectivity index (χ4v) is 1.79. The fraction of sp³-hybridized carbons (Fsp3) is 0.250. The molecule has 0 spiro atoms. The molecule has 1 aromatic heterocycles. The molecule has 0 aliphatic carbocycles. The van der Waals surface area contributed by atoms with Crippen molar-refractivity contribution >= 4 is 0 Å². The number of nitrogens with two attached hydrogens (primary N) is 1. The number of hydrogen-bond donors (Lipinski definition) is 1. The number of nitrogens with zero attached hydrogens (tertiary/aromatic N) is 2. The first kappa shape index (κ1) is 9.93. The molecule has 2 aromatic rings. The molecule has 2 rings (SSSR count). The second kappa shape index (κ2) is 3.87. The van der Waals surface area contributed by atoms with Gasteiger partial charge >= 0.3 is 0 Å². The molecule has 78 valence electrons. The van der Waals surface area contributed by atoms with Crippen molar-refractivity contribution in [3.8, 4) is 5.69 Å². The summed E-state index contributed by atoms with van der Waals surface area (Å²) in [6, 6.07) is 8.31. The Morgan fingerprint density at radius 3 is 2.47 bits per heavy atom. The summed E-state index contributed by atoms with van der Waals surface area (Å²) in [5.74, 6) is 0. The van der Waals surface area contributed by atoms with Gasteiger partial charge in [-0.3, -0.25) is 0 Å². The lowest BCUT2D eigenvalue weighted by Gasteiger charge is -2.08. The van der Waals surface area contributed by atoms with Gasteiger partial charge in [-0.1, -0.05) is 6.07 Å². The zero-order valence-corrected chi connectivity index (χ0v) is 9.07. The Morgan fingerprint density at radius 2 is 1.87 bits per heavy atom. The standard InChI is InChI=1S/C12H15N3/c1-9-5-10(2)7-12(6-9)15-11(8-13)3-4-14-15/h3-7H,8,13H2,1-2H3. The topological polar surface area (TPSA) is 43.8 Å². The van der Waals surface area contributed by atoms with Crippen LogP contribution in [0.25, 0.3) is 5.69 Å². The van der Waals surface area contributed by atoms with Crippen molar-refractivity contribution in [3.63, 3.8) is 0 Å². The Bertz CT molecular complexity index is 451. The maximum absolute atomic E-state index is 5.65. The summed E-state index contributed by atoms with van der Waals surface area (Å²) in [6.45, 7) is 4.68. The van der Waals surface area contributed by atoms with E-state index in [9.17, 15) is 0 Å². The number of benzene rings is 1. The first-order valence-electron chi connectivity index (χ1n) is 5.02. The van der Waals surface area contributed by atoms with Gasteiger partial charge in [0.2, 0.25) is 0 Å². The first-order chi connectivity index (χ1) is 7.20. The summed E-state index contributed by atoms with van der Waals surface area (Å²) in [7, 11) is 0. The lowest BCUT2D eigenvalue weighted by atomic mass is 10.1. The van der Waals surface area contributed by atoms with Crippen LogP contribution in [-0.2, 0) is 6.54 Å². The van der Waals surface area contributed by atoms with Crippen LogP contribution >= 0.6 is 0 Å². The highest BCUT2D eigenvalue weighted by Crippen LogP contribution is 2.14. The van der Waals surface area contributed by atoms with Crippen LogP contribution in [0, 0.1) is 13.8 Å². The number of aryl methyl sites for hydroxylation is 2. The second-order valence-corrected chi connectivity index (χ2v) is 3.78. The Kier molecular flexibility index (Phi) is 2.56. The monoisotopic (exact) mass is 201 g/mol. The molecule has 0 bridgehead atoms. The van der Waals surface area contributed by atoms with Gasteiger partial charge in [0, 0.05) is 12.7 Å². The minimum absolute atomic E-state index is 0.507. The molecule has 1 aromatic carbocycles. The van der Waals surface area contributed by atoms with E-state index in [0.717, 1.165) is 11.4 Å². The molecule has 0 saturated carbocycles. The van der Waals surface area contributed by atoms with Crippen LogP contribution in [0.15, 0.2) is 30.5 Å². The van der Waals surface area contributed by atoms with E-state index in [0.29, 0.717) is 6.54 Å². The molecule has 2 N–H and O–H groups in total. The van der Waals surface area contributed by atoms with Crippen molar-refractivity contribution in [2.24, 2.45) is 5.73 Å². The number of rotatable bonds is 2. The van der Waals surface area contributed by atoms with E-state index in [1.165, 1.54) is 11.1 Å². The molecule has 1 heterocycles. The fourth-order valence-electron chi connectivity index (χ4n) is 1.79. The summed E-state index contributed by atoms with van der Waals surface area (Å²) < 4.78 is 1.89. The molecule has 0 fully saturated rings. The minimum Gasteiger partial charge on any atom is -0.325 e. The Hall–Kier alpha value is -1.61. The predicted octanol–water partition coefficient (Wildman–Crippen LogP) is 1.95. The third-order valence-electron chi connectivity index (χ3n) is 2.38. The second-order valence-electron chi connectivity index (χ2n) is 3.78. The molecular formula is C12H15N3. The Labute approximate surface area is 89.5 Å². The SMILES string of the molecule is Cc1cc(C)cc(-n2nccc2CN)c1. The summed E-state index contributed by atoms with van der Waals surface area (Å²) >= 11 is 0. The van der Waals surface area contributed by atoms with E-state index in [-0.39, 0.29) is 0 Å². The minimum atomic E-state index is 0.507. The molecule has 0 unspecified atom stereocenters. The van der Waals surface area contributed by atoms with Gasteiger partial charge in [0.05, 0.1) is 11.4 Å². The Balaban J connectivity index is 2.53. The first-order valence-corrected chi connectivity index (χ1v) is 5.02. The van der Waals surface area contributed by atoms with Crippen molar-refractivity contribution in [2.45, 2.75) is 20.4 Å². The van der Waals surface area contributed by atoms with Crippen LogP contribution < -0.4 is 5.73 Å². The summed E-state index contributed by atoms with van der Waals surface area (Å²) in [5.41, 5.74) is 10.2. The van der Waals surface area contributed by atoms with Crippen LogP contribution in [0.2, 0.25) is 0 Å². The summed E-state index contributed by atoms with van der Waals surface area (Å²) in [5, 5.41) is 4.28. The largest absolute Gasteiger partial charge is 0.325 e. The zero-order valence-electron chi connectivity index (χ0n) is 9.07. The van der Waals surface area contributed by atoms with Gasteiger partial charge in [0.25, 0.3) is 0 Å². The smallest absolute Gasteiger partial charge is 0.0654 e. The summed E-state index contributed by atoms with van der Waals surface area (Å²) in [4.78, 5) is 0. The lowest BCUT2D eigenvalue weighted by Crippen LogP contribution is -2.07. The molecule has 3 heteroatoms. The van der Waals surface area contributed by atoms with E-state index >= 15 is 0 Å². The van der Waals surface area contributed by atoms with Crippen molar-refractivity contribution in [1.82, 2.24) is 9.78 Å². The van der Waals surface area contributed by atoms with Crippen molar-refractivity contribution in [1.29, 1.82) is 0 Å². The van der Waals surface area contributed by atoms with E-state index in [4.69, 9.17) is 5.73 Å². The van der Waals surface area contributed by atoms with Gasteiger partial charge in [0.15, 0.2) is 0 Å². The highest BCUT2D eigenvalue weighted by atomic mass is 15.3. The van der Waals surface area contributed by atoms with Gasteiger partial charge < -0.3 is 5.73 Å². The van der Waals surface area contributed by atoms with Crippen LogP contribution in [0.4, 0.5) is 0 Å². The third-order valence-corrected chi connectivity index (χ3v) is 2.38. The van der Waals surface area contributed by atoms with E-state index in [2.05, 4.69) is 37.1 Å². The predicted molar refractivity (Wildman–Crippen MR) is 60.9 cm³/mol. The molecule has 0 aliphatic heterocycles. The number of hydrogen-bond acceptors (Lipinski definition) is 2. The molecule has 0 radical (unpaired) electrons.